The Balaban J connectivity index is 1.47. The molecule has 6 heteroatoms. The van der Waals surface area contributed by atoms with Crippen LogP contribution >= 0.6 is 11.3 Å². The van der Waals surface area contributed by atoms with E-state index in [1.165, 1.54) is 0 Å². The Kier molecular flexibility index (Phi) is 5.25. The fraction of sp³-hybridized carbons (Fsp3) is 0.412. The van der Waals surface area contributed by atoms with Crippen molar-refractivity contribution in [1.29, 1.82) is 0 Å². The zero-order valence-corrected chi connectivity index (χ0v) is 14.1. The number of anilines is 1. The highest BCUT2D eigenvalue weighted by molar-refractivity contribution is 7.13. The lowest BCUT2D eigenvalue weighted by atomic mass is 10.2. The van der Waals surface area contributed by atoms with Crippen molar-refractivity contribution in [3.8, 4) is 0 Å². The standard InChI is InChI=1S/C17H22N4OS/c1-14(16(22)19-13-15-5-3-2-4-6-15)20-8-10-21(11-9-20)17-18-7-12-23-17/h2-7,12,14H,8-11,13H2,1H3,(H,19,22)/t14-/m0/s1. The van der Waals surface area contributed by atoms with Gasteiger partial charge < -0.3 is 10.2 Å². The fourth-order valence-corrected chi connectivity index (χ4v) is 3.47. The van der Waals surface area contributed by atoms with E-state index < -0.39 is 0 Å². The highest BCUT2D eigenvalue weighted by Crippen LogP contribution is 2.19. The number of carbonyl (C=O) groups is 1. The Labute approximate surface area is 140 Å². The van der Waals surface area contributed by atoms with Crippen LogP contribution in [0.5, 0.6) is 0 Å². The molecule has 0 bridgehead atoms. The molecule has 0 radical (unpaired) electrons. The van der Waals surface area contributed by atoms with Gasteiger partial charge in [0.25, 0.3) is 0 Å². The molecule has 2 aromatic rings. The zero-order chi connectivity index (χ0) is 16.1. The van der Waals surface area contributed by atoms with Crippen LogP contribution in [0.3, 0.4) is 0 Å². The molecule has 5 nitrogen and oxygen atoms in total. The number of amides is 1. The molecule has 1 aliphatic rings. The molecule has 0 unspecified atom stereocenters. The Morgan fingerprint density at radius 2 is 2.00 bits per heavy atom. The molecule has 0 aliphatic carbocycles. The molecular weight excluding hydrogens is 308 g/mol. The van der Waals surface area contributed by atoms with Crippen molar-refractivity contribution in [3.63, 3.8) is 0 Å². The largest absolute Gasteiger partial charge is 0.351 e. The molecule has 1 aliphatic heterocycles. The van der Waals surface area contributed by atoms with Crippen LogP contribution in [0.1, 0.15) is 12.5 Å². The van der Waals surface area contributed by atoms with Crippen LogP contribution < -0.4 is 10.2 Å². The van der Waals surface area contributed by atoms with Gasteiger partial charge in [0.1, 0.15) is 0 Å². The molecule has 2 heterocycles. The highest BCUT2D eigenvalue weighted by atomic mass is 32.1. The third kappa shape index (κ3) is 4.09. The molecule has 0 saturated carbocycles. The van der Waals surface area contributed by atoms with Gasteiger partial charge in [0.2, 0.25) is 5.91 Å². The van der Waals surface area contributed by atoms with Crippen LogP contribution in [0.25, 0.3) is 0 Å². The third-order valence-corrected chi connectivity index (χ3v) is 5.07. The van der Waals surface area contributed by atoms with Crippen LogP contribution in [-0.2, 0) is 11.3 Å². The monoisotopic (exact) mass is 330 g/mol. The predicted octanol–water partition coefficient (Wildman–Crippen LogP) is 1.97. The second-order valence-electron chi connectivity index (χ2n) is 5.72. The maximum Gasteiger partial charge on any atom is 0.237 e. The number of nitrogens with zero attached hydrogens (tertiary/aromatic N) is 3. The van der Waals surface area contributed by atoms with Crippen molar-refractivity contribution >= 4 is 22.4 Å². The number of benzene rings is 1. The van der Waals surface area contributed by atoms with Crippen molar-refractivity contribution < 1.29 is 4.79 Å². The van der Waals surface area contributed by atoms with E-state index in [1.807, 2.05) is 48.8 Å². The topological polar surface area (TPSA) is 48.5 Å². The summed E-state index contributed by atoms with van der Waals surface area (Å²) in [6.45, 7) is 6.19. The van der Waals surface area contributed by atoms with Gasteiger partial charge in [-0.1, -0.05) is 30.3 Å². The smallest absolute Gasteiger partial charge is 0.237 e. The molecule has 0 spiro atoms. The summed E-state index contributed by atoms with van der Waals surface area (Å²) < 4.78 is 0. The predicted molar refractivity (Wildman–Crippen MR) is 93.7 cm³/mol. The van der Waals surface area contributed by atoms with Gasteiger partial charge in [0.15, 0.2) is 5.13 Å². The summed E-state index contributed by atoms with van der Waals surface area (Å²) in [5.41, 5.74) is 1.13. The third-order valence-electron chi connectivity index (χ3n) is 4.24. The molecule has 1 aromatic carbocycles. The second-order valence-corrected chi connectivity index (χ2v) is 6.59. The highest BCUT2D eigenvalue weighted by Gasteiger charge is 2.26. The summed E-state index contributed by atoms with van der Waals surface area (Å²) in [6.07, 6.45) is 1.84. The quantitative estimate of drug-likeness (QED) is 0.911. The molecular formula is C17H22N4OS. The maximum atomic E-state index is 12.3. The number of piperazine rings is 1. The lowest BCUT2D eigenvalue weighted by Gasteiger charge is -2.37. The Morgan fingerprint density at radius 3 is 2.65 bits per heavy atom. The summed E-state index contributed by atoms with van der Waals surface area (Å²) in [7, 11) is 0. The second kappa shape index (κ2) is 7.57. The van der Waals surface area contributed by atoms with Gasteiger partial charge in [-0.15, -0.1) is 11.3 Å². The lowest BCUT2D eigenvalue weighted by molar-refractivity contribution is -0.126. The van der Waals surface area contributed by atoms with Gasteiger partial charge in [-0.05, 0) is 12.5 Å². The number of carbonyl (C=O) groups excluding carboxylic acids is 1. The van der Waals surface area contributed by atoms with Crippen LogP contribution in [0.4, 0.5) is 5.13 Å². The number of aromatic nitrogens is 1. The minimum Gasteiger partial charge on any atom is -0.351 e. The first kappa shape index (κ1) is 16.0. The van der Waals surface area contributed by atoms with Gasteiger partial charge in [-0.3, -0.25) is 9.69 Å². The van der Waals surface area contributed by atoms with E-state index in [0.717, 1.165) is 36.9 Å². The molecule has 1 saturated heterocycles. The maximum absolute atomic E-state index is 12.3. The van der Waals surface area contributed by atoms with Crippen molar-refractivity contribution in [2.45, 2.75) is 19.5 Å². The molecule has 1 amide bonds. The number of thiazole rings is 1. The van der Waals surface area contributed by atoms with E-state index in [4.69, 9.17) is 0 Å². The number of hydrogen-bond acceptors (Lipinski definition) is 5. The van der Waals surface area contributed by atoms with Gasteiger partial charge in [0, 0.05) is 44.3 Å². The summed E-state index contributed by atoms with van der Waals surface area (Å²) in [4.78, 5) is 21.2. The van der Waals surface area contributed by atoms with Crippen LogP contribution in [-0.4, -0.2) is 48.0 Å². The Morgan fingerprint density at radius 1 is 1.26 bits per heavy atom. The Hall–Kier alpha value is -1.92. The lowest BCUT2D eigenvalue weighted by Crippen LogP contribution is -2.53. The average Bonchev–Trinajstić information content (AvgIpc) is 3.15. The molecule has 1 aromatic heterocycles. The molecule has 3 rings (SSSR count). The van der Waals surface area contributed by atoms with E-state index >= 15 is 0 Å². The Bertz CT molecular complexity index is 609. The van der Waals surface area contributed by atoms with Crippen LogP contribution in [0.15, 0.2) is 41.9 Å². The summed E-state index contributed by atoms with van der Waals surface area (Å²) in [5.74, 6) is 0.0940. The minimum absolute atomic E-state index is 0.0940. The van der Waals surface area contributed by atoms with Crippen molar-refractivity contribution in [3.05, 3.63) is 47.5 Å². The SMILES string of the molecule is C[C@@H](C(=O)NCc1ccccc1)N1CCN(c2nccs2)CC1. The zero-order valence-electron chi connectivity index (χ0n) is 13.3. The van der Waals surface area contributed by atoms with E-state index in [9.17, 15) is 4.79 Å². The number of nitrogens with one attached hydrogen (secondary N) is 1. The molecule has 122 valence electrons. The van der Waals surface area contributed by atoms with Gasteiger partial charge in [-0.2, -0.15) is 0 Å². The average molecular weight is 330 g/mol. The van der Waals surface area contributed by atoms with Gasteiger partial charge in [0.05, 0.1) is 6.04 Å². The summed E-state index contributed by atoms with van der Waals surface area (Å²) >= 11 is 1.67. The number of hydrogen-bond donors (Lipinski definition) is 1. The van der Waals surface area contributed by atoms with Crippen LogP contribution in [0, 0.1) is 0 Å². The van der Waals surface area contributed by atoms with Crippen molar-refractivity contribution in [2.24, 2.45) is 0 Å². The van der Waals surface area contributed by atoms with Crippen LogP contribution in [0.2, 0.25) is 0 Å². The first-order chi connectivity index (χ1) is 11.2. The first-order valence-corrected chi connectivity index (χ1v) is 8.82. The molecule has 1 atom stereocenters. The molecule has 1 N–H and O–H groups in total. The van der Waals surface area contributed by atoms with E-state index in [0.29, 0.717) is 6.54 Å². The molecule has 23 heavy (non-hydrogen) atoms. The van der Waals surface area contributed by atoms with Crippen molar-refractivity contribution in [2.75, 3.05) is 31.1 Å². The van der Waals surface area contributed by atoms with Gasteiger partial charge in [-0.25, -0.2) is 4.98 Å². The van der Waals surface area contributed by atoms with E-state index in [2.05, 4.69) is 20.1 Å². The normalized spacial score (nSPS) is 17.0. The molecule has 1 fully saturated rings. The van der Waals surface area contributed by atoms with E-state index in [-0.39, 0.29) is 11.9 Å². The fourth-order valence-electron chi connectivity index (χ4n) is 2.77. The van der Waals surface area contributed by atoms with E-state index in [1.54, 1.807) is 11.3 Å². The van der Waals surface area contributed by atoms with Gasteiger partial charge >= 0.3 is 0 Å². The minimum atomic E-state index is -0.0999. The first-order valence-electron chi connectivity index (χ1n) is 7.94. The summed E-state index contributed by atoms with van der Waals surface area (Å²) in [5, 5.41) is 6.11. The van der Waals surface area contributed by atoms with Crippen molar-refractivity contribution in [1.82, 2.24) is 15.2 Å². The summed E-state index contributed by atoms with van der Waals surface area (Å²) in [6, 6.07) is 9.91. The number of rotatable bonds is 5.